The van der Waals surface area contributed by atoms with Gasteiger partial charge in [0.05, 0.1) is 0 Å². The van der Waals surface area contributed by atoms with Gasteiger partial charge in [-0.25, -0.2) is 4.39 Å². The van der Waals surface area contributed by atoms with E-state index in [1.165, 1.54) is 12.1 Å². The van der Waals surface area contributed by atoms with Gasteiger partial charge in [0.2, 0.25) is 0 Å². The Morgan fingerprint density at radius 2 is 2.32 bits per heavy atom. The molecule has 0 aliphatic carbocycles. The van der Waals surface area contributed by atoms with Crippen molar-refractivity contribution >= 4 is 5.84 Å². The molecule has 106 valence electrons. The number of benzene rings is 1. The lowest BCUT2D eigenvalue weighted by Crippen LogP contribution is -2.28. The standard InChI is InChI=1S/C13H20FN3O2/c1-9(5-6-19-2)16-8-10-3-4-11(14)7-12(10)13(15)17-18/h3-4,7,9,16,18H,5-6,8H2,1-2H3,(H2,15,17). The van der Waals surface area contributed by atoms with Crippen molar-refractivity contribution < 1.29 is 14.3 Å². The van der Waals surface area contributed by atoms with Crippen molar-refractivity contribution in [2.45, 2.75) is 25.9 Å². The van der Waals surface area contributed by atoms with E-state index in [0.717, 1.165) is 12.0 Å². The highest BCUT2D eigenvalue weighted by Crippen LogP contribution is 2.11. The van der Waals surface area contributed by atoms with Crippen LogP contribution in [0.5, 0.6) is 0 Å². The van der Waals surface area contributed by atoms with Crippen molar-refractivity contribution in [1.29, 1.82) is 0 Å². The van der Waals surface area contributed by atoms with Gasteiger partial charge < -0.3 is 21.0 Å². The number of halogens is 1. The van der Waals surface area contributed by atoms with Crippen molar-refractivity contribution in [3.05, 3.63) is 35.1 Å². The van der Waals surface area contributed by atoms with Crippen molar-refractivity contribution in [2.75, 3.05) is 13.7 Å². The van der Waals surface area contributed by atoms with Gasteiger partial charge in [-0.05, 0) is 31.0 Å². The van der Waals surface area contributed by atoms with Crippen molar-refractivity contribution in [1.82, 2.24) is 5.32 Å². The number of methoxy groups -OCH3 is 1. The Labute approximate surface area is 112 Å². The molecule has 0 heterocycles. The van der Waals surface area contributed by atoms with Crippen LogP contribution in [0.2, 0.25) is 0 Å². The first-order chi connectivity index (χ1) is 9.08. The fourth-order valence-electron chi connectivity index (χ4n) is 1.68. The van der Waals surface area contributed by atoms with Gasteiger partial charge in [0.1, 0.15) is 5.82 Å². The van der Waals surface area contributed by atoms with Crippen LogP contribution in [0.4, 0.5) is 4.39 Å². The summed E-state index contributed by atoms with van der Waals surface area (Å²) < 4.78 is 18.2. The van der Waals surface area contributed by atoms with Crippen molar-refractivity contribution in [3.8, 4) is 0 Å². The summed E-state index contributed by atoms with van der Waals surface area (Å²) in [7, 11) is 1.66. The smallest absolute Gasteiger partial charge is 0.170 e. The third kappa shape index (κ3) is 4.84. The normalized spacial score (nSPS) is 13.5. The van der Waals surface area contributed by atoms with E-state index in [1.807, 2.05) is 6.92 Å². The second-order valence-electron chi connectivity index (χ2n) is 4.35. The van der Waals surface area contributed by atoms with E-state index < -0.39 is 5.82 Å². The number of nitrogens with zero attached hydrogens (tertiary/aromatic N) is 1. The number of hydrogen-bond donors (Lipinski definition) is 3. The van der Waals surface area contributed by atoms with Crippen LogP contribution in [0.15, 0.2) is 23.4 Å². The maximum atomic E-state index is 13.2. The molecule has 1 unspecified atom stereocenters. The highest BCUT2D eigenvalue weighted by molar-refractivity contribution is 5.98. The zero-order valence-electron chi connectivity index (χ0n) is 11.2. The Hall–Kier alpha value is -1.66. The topological polar surface area (TPSA) is 79.9 Å². The van der Waals surface area contributed by atoms with Crippen LogP contribution in [-0.4, -0.2) is 30.8 Å². The van der Waals surface area contributed by atoms with Crippen LogP contribution in [0.1, 0.15) is 24.5 Å². The molecular formula is C13H20FN3O2. The predicted molar refractivity (Wildman–Crippen MR) is 71.7 cm³/mol. The van der Waals surface area contributed by atoms with Gasteiger partial charge in [0.15, 0.2) is 5.84 Å². The molecule has 0 saturated heterocycles. The minimum absolute atomic E-state index is 0.0964. The average molecular weight is 269 g/mol. The molecule has 0 radical (unpaired) electrons. The lowest BCUT2D eigenvalue weighted by molar-refractivity contribution is 0.184. The molecule has 0 aromatic heterocycles. The molecule has 0 saturated carbocycles. The van der Waals surface area contributed by atoms with Gasteiger partial charge in [0, 0.05) is 31.9 Å². The number of rotatable bonds is 7. The van der Waals surface area contributed by atoms with Crippen LogP contribution in [0.3, 0.4) is 0 Å². The van der Waals surface area contributed by atoms with E-state index >= 15 is 0 Å². The zero-order chi connectivity index (χ0) is 14.3. The van der Waals surface area contributed by atoms with Gasteiger partial charge >= 0.3 is 0 Å². The quantitative estimate of drug-likeness (QED) is 0.303. The van der Waals surface area contributed by atoms with E-state index in [9.17, 15) is 4.39 Å². The number of hydrogen-bond acceptors (Lipinski definition) is 4. The number of ether oxygens (including phenoxy) is 1. The third-order valence-electron chi connectivity index (χ3n) is 2.85. The Kier molecular flexibility index (Phi) is 6.24. The van der Waals surface area contributed by atoms with Crippen LogP contribution in [0.25, 0.3) is 0 Å². The summed E-state index contributed by atoms with van der Waals surface area (Å²) in [6.07, 6.45) is 0.872. The van der Waals surface area contributed by atoms with E-state index in [4.69, 9.17) is 15.7 Å². The molecular weight excluding hydrogens is 249 g/mol. The van der Waals surface area contributed by atoms with Crippen molar-refractivity contribution in [2.24, 2.45) is 10.9 Å². The number of amidine groups is 1. The second kappa shape index (κ2) is 7.70. The fraction of sp³-hybridized carbons (Fsp3) is 0.462. The number of nitrogens with one attached hydrogen (secondary N) is 1. The molecule has 1 aromatic rings. The molecule has 19 heavy (non-hydrogen) atoms. The summed E-state index contributed by atoms with van der Waals surface area (Å²) in [4.78, 5) is 0. The van der Waals surface area contributed by atoms with Gasteiger partial charge in [-0.3, -0.25) is 0 Å². The molecule has 1 atom stereocenters. The van der Waals surface area contributed by atoms with Crippen LogP contribution < -0.4 is 11.1 Å². The van der Waals surface area contributed by atoms with E-state index in [1.54, 1.807) is 13.2 Å². The van der Waals surface area contributed by atoms with Gasteiger partial charge in [-0.2, -0.15) is 0 Å². The number of nitrogens with two attached hydrogens (primary N) is 1. The van der Waals surface area contributed by atoms with E-state index in [2.05, 4.69) is 10.5 Å². The highest BCUT2D eigenvalue weighted by Gasteiger charge is 2.10. The lowest BCUT2D eigenvalue weighted by Gasteiger charge is -2.15. The summed E-state index contributed by atoms with van der Waals surface area (Å²) in [5, 5.41) is 14.9. The molecule has 5 nitrogen and oxygen atoms in total. The molecule has 0 spiro atoms. The minimum atomic E-state index is -0.419. The van der Waals surface area contributed by atoms with Gasteiger partial charge in [-0.1, -0.05) is 11.2 Å². The third-order valence-corrected chi connectivity index (χ3v) is 2.85. The maximum absolute atomic E-state index is 13.2. The van der Waals surface area contributed by atoms with E-state index in [0.29, 0.717) is 18.7 Å². The number of oxime groups is 1. The Morgan fingerprint density at radius 1 is 1.58 bits per heavy atom. The molecule has 4 N–H and O–H groups in total. The largest absolute Gasteiger partial charge is 0.409 e. The molecule has 1 aromatic carbocycles. The fourth-order valence-corrected chi connectivity index (χ4v) is 1.68. The summed E-state index contributed by atoms with van der Waals surface area (Å²) >= 11 is 0. The van der Waals surface area contributed by atoms with Gasteiger partial charge in [0.25, 0.3) is 0 Å². The van der Waals surface area contributed by atoms with Crippen LogP contribution in [-0.2, 0) is 11.3 Å². The molecule has 0 fully saturated rings. The SMILES string of the molecule is COCCC(C)NCc1ccc(F)cc1C(N)=NO. The first-order valence-electron chi connectivity index (χ1n) is 6.07. The molecule has 0 aliphatic heterocycles. The van der Waals surface area contributed by atoms with Gasteiger partial charge in [-0.15, -0.1) is 0 Å². The summed E-state index contributed by atoms with van der Waals surface area (Å²) in [6.45, 7) is 3.22. The van der Waals surface area contributed by atoms with E-state index in [-0.39, 0.29) is 11.9 Å². The summed E-state index contributed by atoms with van der Waals surface area (Å²) in [6, 6.07) is 4.49. The maximum Gasteiger partial charge on any atom is 0.170 e. The first-order valence-corrected chi connectivity index (χ1v) is 6.07. The van der Waals surface area contributed by atoms with Crippen molar-refractivity contribution in [3.63, 3.8) is 0 Å². The molecule has 0 amide bonds. The zero-order valence-corrected chi connectivity index (χ0v) is 11.2. The Balaban J connectivity index is 2.72. The molecule has 6 heteroatoms. The Bertz CT molecular complexity index is 438. The Morgan fingerprint density at radius 3 is 2.95 bits per heavy atom. The second-order valence-corrected chi connectivity index (χ2v) is 4.35. The average Bonchev–Trinajstić information content (AvgIpc) is 2.42. The predicted octanol–water partition coefficient (Wildman–Crippen LogP) is 1.43. The molecule has 0 bridgehead atoms. The first kappa shape index (κ1) is 15.4. The summed E-state index contributed by atoms with van der Waals surface area (Å²) in [5.74, 6) is -0.515. The summed E-state index contributed by atoms with van der Waals surface area (Å²) in [5.41, 5.74) is 6.71. The van der Waals surface area contributed by atoms with Crippen LogP contribution >= 0.6 is 0 Å². The lowest BCUT2D eigenvalue weighted by atomic mass is 10.1. The molecule has 0 aliphatic rings. The minimum Gasteiger partial charge on any atom is -0.409 e. The highest BCUT2D eigenvalue weighted by atomic mass is 19.1. The van der Waals surface area contributed by atoms with Crippen LogP contribution in [0, 0.1) is 5.82 Å². The monoisotopic (exact) mass is 269 g/mol. The molecule has 1 rings (SSSR count).